The molecule has 1 atom stereocenters. The first-order valence-corrected chi connectivity index (χ1v) is 7.25. The van der Waals surface area contributed by atoms with E-state index in [9.17, 15) is 13.6 Å². The number of ether oxygens (including phenoxy) is 1. The van der Waals surface area contributed by atoms with E-state index < -0.39 is 23.7 Å². The number of carbonyl (C=O) groups excluding carboxylic acids is 1. The van der Waals surface area contributed by atoms with Gasteiger partial charge in [-0.3, -0.25) is 0 Å². The molecule has 0 unspecified atom stereocenters. The fraction of sp³-hybridized carbons (Fsp3) is 0.235. The van der Waals surface area contributed by atoms with Gasteiger partial charge in [-0.1, -0.05) is 18.2 Å². The number of hydrogen-bond donors (Lipinski definition) is 2. The van der Waals surface area contributed by atoms with E-state index in [2.05, 4.69) is 10.6 Å². The van der Waals surface area contributed by atoms with Crippen molar-refractivity contribution in [2.75, 3.05) is 11.9 Å². The molecule has 122 valence electrons. The molecular weight excluding hydrogens is 302 g/mol. The molecule has 2 amide bonds. The van der Waals surface area contributed by atoms with Crippen LogP contribution in [0.3, 0.4) is 0 Å². The van der Waals surface area contributed by atoms with Crippen LogP contribution in [0.1, 0.15) is 25.5 Å². The van der Waals surface area contributed by atoms with E-state index in [0.717, 1.165) is 12.1 Å². The SMILES string of the molecule is CCOc1ccccc1NC(=O)N[C@H](C)c1ccc(F)c(F)c1. The summed E-state index contributed by atoms with van der Waals surface area (Å²) in [6, 6.07) is 9.62. The van der Waals surface area contributed by atoms with Crippen LogP contribution in [0, 0.1) is 11.6 Å². The third-order valence-corrected chi connectivity index (χ3v) is 3.23. The smallest absolute Gasteiger partial charge is 0.319 e. The number of rotatable bonds is 5. The molecule has 2 aromatic rings. The summed E-state index contributed by atoms with van der Waals surface area (Å²) in [4.78, 5) is 12.1. The van der Waals surface area contributed by atoms with Crippen molar-refractivity contribution in [2.45, 2.75) is 19.9 Å². The highest BCUT2D eigenvalue weighted by atomic mass is 19.2. The first-order chi connectivity index (χ1) is 11.0. The maximum atomic E-state index is 13.2. The minimum Gasteiger partial charge on any atom is -0.492 e. The van der Waals surface area contributed by atoms with Gasteiger partial charge in [0.2, 0.25) is 0 Å². The number of hydrogen-bond acceptors (Lipinski definition) is 2. The van der Waals surface area contributed by atoms with Crippen LogP contribution in [0.25, 0.3) is 0 Å². The molecule has 0 aliphatic carbocycles. The third-order valence-electron chi connectivity index (χ3n) is 3.23. The summed E-state index contributed by atoms with van der Waals surface area (Å²) in [7, 11) is 0. The quantitative estimate of drug-likeness (QED) is 0.865. The summed E-state index contributed by atoms with van der Waals surface area (Å²) < 4.78 is 31.6. The number of carbonyl (C=O) groups is 1. The molecule has 4 nitrogen and oxygen atoms in total. The van der Waals surface area contributed by atoms with Crippen molar-refractivity contribution in [1.29, 1.82) is 0 Å². The van der Waals surface area contributed by atoms with Gasteiger partial charge >= 0.3 is 6.03 Å². The summed E-state index contributed by atoms with van der Waals surface area (Å²) in [5.41, 5.74) is 1.00. The Morgan fingerprint density at radius 3 is 2.61 bits per heavy atom. The molecule has 0 radical (unpaired) electrons. The average molecular weight is 320 g/mol. The lowest BCUT2D eigenvalue weighted by Gasteiger charge is -2.16. The number of halogens is 2. The number of urea groups is 1. The molecule has 2 rings (SSSR count). The number of amides is 2. The second kappa shape index (κ2) is 7.58. The van der Waals surface area contributed by atoms with E-state index in [1.807, 2.05) is 6.92 Å². The Morgan fingerprint density at radius 2 is 1.91 bits per heavy atom. The molecule has 2 N–H and O–H groups in total. The van der Waals surface area contributed by atoms with Gasteiger partial charge in [-0.25, -0.2) is 13.6 Å². The maximum Gasteiger partial charge on any atom is 0.319 e. The topological polar surface area (TPSA) is 50.4 Å². The molecule has 0 heterocycles. The molecule has 0 saturated heterocycles. The molecule has 0 aromatic heterocycles. The molecule has 0 aliphatic heterocycles. The van der Waals surface area contributed by atoms with Gasteiger partial charge in [0.1, 0.15) is 5.75 Å². The molecular formula is C17H18F2N2O2. The Kier molecular flexibility index (Phi) is 5.51. The first-order valence-electron chi connectivity index (χ1n) is 7.25. The first kappa shape index (κ1) is 16.7. The van der Waals surface area contributed by atoms with E-state index in [0.29, 0.717) is 23.6 Å². The summed E-state index contributed by atoms with van der Waals surface area (Å²) in [5.74, 6) is -1.31. The zero-order chi connectivity index (χ0) is 16.8. The lowest BCUT2D eigenvalue weighted by Crippen LogP contribution is -2.31. The van der Waals surface area contributed by atoms with E-state index in [1.54, 1.807) is 31.2 Å². The van der Waals surface area contributed by atoms with Gasteiger partial charge < -0.3 is 15.4 Å². The highest BCUT2D eigenvalue weighted by Gasteiger charge is 2.13. The number of nitrogens with one attached hydrogen (secondary N) is 2. The van der Waals surface area contributed by atoms with Crippen molar-refractivity contribution in [3.05, 3.63) is 59.7 Å². The van der Waals surface area contributed by atoms with Crippen molar-refractivity contribution < 1.29 is 18.3 Å². The van der Waals surface area contributed by atoms with Crippen LogP contribution in [0.15, 0.2) is 42.5 Å². The lowest BCUT2D eigenvalue weighted by atomic mass is 10.1. The van der Waals surface area contributed by atoms with Gasteiger partial charge in [-0.15, -0.1) is 0 Å². The van der Waals surface area contributed by atoms with Crippen molar-refractivity contribution in [1.82, 2.24) is 5.32 Å². The highest BCUT2D eigenvalue weighted by Crippen LogP contribution is 2.24. The summed E-state index contributed by atoms with van der Waals surface area (Å²) in [5, 5.41) is 5.35. The zero-order valence-electron chi connectivity index (χ0n) is 12.9. The Hall–Kier alpha value is -2.63. The molecule has 0 bridgehead atoms. The average Bonchev–Trinajstić information content (AvgIpc) is 2.52. The van der Waals surface area contributed by atoms with Crippen LogP contribution >= 0.6 is 0 Å². The van der Waals surface area contributed by atoms with Crippen molar-refractivity contribution in [2.24, 2.45) is 0 Å². The largest absolute Gasteiger partial charge is 0.492 e. The van der Waals surface area contributed by atoms with E-state index in [4.69, 9.17) is 4.74 Å². The van der Waals surface area contributed by atoms with Crippen molar-refractivity contribution in [3.63, 3.8) is 0 Å². The standard InChI is InChI=1S/C17H18F2N2O2/c1-3-23-16-7-5-4-6-15(16)21-17(22)20-11(2)12-8-9-13(18)14(19)10-12/h4-11H,3H2,1-2H3,(H2,20,21,22)/t11-/m1/s1. The minimum absolute atomic E-state index is 0.464. The molecule has 23 heavy (non-hydrogen) atoms. The summed E-state index contributed by atoms with van der Waals surface area (Å²) >= 11 is 0. The van der Waals surface area contributed by atoms with E-state index in [-0.39, 0.29) is 0 Å². The number of benzene rings is 2. The minimum atomic E-state index is -0.946. The molecule has 0 aliphatic rings. The van der Waals surface area contributed by atoms with Crippen LogP contribution in [-0.2, 0) is 0 Å². The zero-order valence-corrected chi connectivity index (χ0v) is 12.9. The maximum absolute atomic E-state index is 13.2. The normalized spacial score (nSPS) is 11.7. The Bertz CT molecular complexity index is 692. The van der Waals surface area contributed by atoms with Crippen LogP contribution in [-0.4, -0.2) is 12.6 Å². The number of para-hydroxylation sites is 2. The van der Waals surface area contributed by atoms with Crippen molar-refractivity contribution >= 4 is 11.7 Å². The Labute approximate surface area is 133 Å². The van der Waals surface area contributed by atoms with E-state index in [1.165, 1.54) is 6.07 Å². The van der Waals surface area contributed by atoms with Crippen LogP contribution in [0.5, 0.6) is 5.75 Å². The third kappa shape index (κ3) is 4.42. The summed E-state index contributed by atoms with van der Waals surface area (Å²) in [6.45, 7) is 4.01. The summed E-state index contributed by atoms with van der Waals surface area (Å²) in [6.07, 6.45) is 0. The van der Waals surface area contributed by atoms with Gasteiger partial charge in [0.05, 0.1) is 18.3 Å². The fourth-order valence-corrected chi connectivity index (χ4v) is 2.07. The second-order valence-electron chi connectivity index (χ2n) is 4.92. The molecule has 2 aromatic carbocycles. The lowest BCUT2D eigenvalue weighted by molar-refractivity contribution is 0.249. The second-order valence-corrected chi connectivity index (χ2v) is 4.92. The monoisotopic (exact) mass is 320 g/mol. The Balaban J connectivity index is 2.03. The van der Waals surface area contributed by atoms with Gasteiger partial charge in [0.25, 0.3) is 0 Å². The van der Waals surface area contributed by atoms with Crippen molar-refractivity contribution in [3.8, 4) is 5.75 Å². The van der Waals surface area contributed by atoms with Crippen LogP contribution in [0.4, 0.5) is 19.3 Å². The molecule has 6 heteroatoms. The van der Waals surface area contributed by atoms with Gasteiger partial charge in [0, 0.05) is 0 Å². The van der Waals surface area contributed by atoms with Gasteiger partial charge in [-0.2, -0.15) is 0 Å². The fourth-order valence-electron chi connectivity index (χ4n) is 2.07. The number of anilines is 1. The molecule has 0 fully saturated rings. The van der Waals surface area contributed by atoms with Gasteiger partial charge in [0.15, 0.2) is 11.6 Å². The van der Waals surface area contributed by atoms with E-state index >= 15 is 0 Å². The highest BCUT2D eigenvalue weighted by molar-refractivity contribution is 5.91. The van der Waals surface area contributed by atoms with Gasteiger partial charge in [-0.05, 0) is 43.7 Å². The molecule has 0 saturated carbocycles. The van der Waals surface area contributed by atoms with Crippen LogP contribution < -0.4 is 15.4 Å². The predicted octanol–water partition coefficient (Wildman–Crippen LogP) is 4.25. The Morgan fingerprint density at radius 1 is 1.17 bits per heavy atom. The molecule has 0 spiro atoms. The van der Waals surface area contributed by atoms with Crippen LogP contribution in [0.2, 0.25) is 0 Å². The predicted molar refractivity (Wildman–Crippen MR) is 84.5 cm³/mol.